The summed E-state index contributed by atoms with van der Waals surface area (Å²) in [6.45, 7) is 0. The maximum atomic E-state index is 11.4. The average Bonchev–Trinajstić information content (AvgIpc) is 3.13. The quantitative estimate of drug-likeness (QED) is 0.674. The lowest BCUT2D eigenvalue weighted by molar-refractivity contribution is 0.134. The van der Waals surface area contributed by atoms with Gasteiger partial charge in [-0.3, -0.25) is 0 Å². The van der Waals surface area contributed by atoms with Crippen molar-refractivity contribution >= 4 is 44.3 Å². The van der Waals surface area contributed by atoms with E-state index >= 15 is 0 Å². The number of rotatable bonds is 3. The van der Waals surface area contributed by atoms with Crippen LogP contribution in [-0.2, 0) is 5.60 Å². The molecule has 0 saturated heterocycles. The van der Waals surface area contributed by atoms with Gasteiger partial charge in [0, 0.05) is 25.5 Å². The van der Waals surface area contributed by atoms with Gasteiger partial charge >= 0.3 is 0 Å². The molecule has 0 bridgehead atoms. The lowest BCUT2D eigenvalue weighted by atomic mass is 9.89. The zero-order valence-electron chi connectivity index (χ0n) is 10.4. The van der Waals surface area contributed by atoms with Crippen molar-refractivity contribution in [2.45, 2.75) is 5.60 Å². The maximum absolute atomic E-state index is 11.4. The van der Waals surface area contributed by atoms with Crippen LogP contribution in [0.4, 0.5) is 5.69 Å². The largest absolute Gasteiger partial charge is 0.398 e. The SMILES string of the molecule is Nc1ccc(Br)cc1C(O)(c1cccs1)c1cccs1. The van der Waals surface area contributed by atoms with Gasteiger partial charge in [-0.25, -0.2) is 0 Å². The second kappa shape index (κ2) is 5.33. The molecule has 3 N–H and O–H groups in total. The highest BCUT2D eigenvalue weighted by molar-refractivity contribution is 9.10. The molecule has 0 aliphatic heterocycles. The monoisotopic (exact) mass is 365 g/mol. The van der Waals surface area contributed by atoms with Gasteiger partial charge in [-0.2, -0.15) is 0 Å². The molecule has 0 atom stereocenters. The van der Waals surface area contributed by atoms with Gasteiger partial charge in [0.1, 0.15) is 0 Å². The molecule has 0 fully saturated rings. The third kappa shape index (κ3) is 2.20. The smallest absolute Gasteiger partial charge is 0.160 e. The molecule has 20 heavy (non-hydrogen) atoms. The number of thiophene rings is 2. The Balaban J connectivity index is 2.29. The fourth-order valence-electron chi connectivity index (χ4n) is 2.20. The van der Waals surface area contributed by atoms with Gasteiger partial charge in [-0.1, -0.05) is 28.1 Å². The summed E-state index contributed by atoms with van der Waals surface area (Å²) in [5, 5.41) is 15.3. The van der Waals surface area contributed by atoms with Crippen molar-refractivity contribution in [2.75, 3.05) is 5.73 Å². The zero-order chi connectivity index (χ0) is 14.2. The highest BCUT2D eigenvalue weighted by atomic mass is 79.9. The Morgan fingerprint density at radius 2 is 1.60 bits per heavy atom. The van der Waals surface area contributed by atoms with E-state index < -0.39 is 5.60 Å². The number of halogens is 1. The molecule has 2 aromatic heterocycles. The van der Waals surface area contributed by atoms with Crippen LogP contribution < -0.4 is 5.73 Å². The van der Waals surface area contributed by atoms with Crippen molar-refractivity contribution in [3.8, 4) is 0 Å². The average molecular weight is 366 g/mol. The van der Waals surface area contributed by atoms with Crippen LogP contribution in [-0.4, -0.2) is 5.11 Å². The van der Waals surface area contributed by atoms with Crippen LogP contribution in [0, 0.1) is 0 Å². The summed E-state index contributed by atoms with van der Waals surface area (Å²) in [4.78, 5) is 1.73. The van der Waals surface area contributed by atoms with Gasteiger partial charge < -0.3 is 10.8 Å². The Bertz CT molecular complexity index is 673. The first-order valence-electron chi connectivity index (χ1n) is 5.98. The molecule has 0 saturated carbocycles. The minimum atomic E-state index is -1.20. The molecule has 0 unspecified atom stereocenters. The minimum Gasteiger partial charge on any atom is -0.398 e. The van der Waals surface area contributed by atoms with Gasteiger partial charge in [0.2, 0.25) is 0 Å². The molecule has 0 aliphatic rings. The highest BCUT2D eigenvalue weighted by Gasteiger charge is 2.37. The van der Waals surface area contributed by atoms with E-state index in [-0.39, 0.29) is 0 Å². The molecule has 0 radical (unpaired) electrons. The van der Waals surface area contributed by atoms with Crippen molar-refractivity contribution in [1.82, 2.24) is 0 Å². The molecule has 5 heteroatoms. The highest BCUT2D eigenvalue weighted by Crippen LogP contribution is 2.43. The van der Waals surface area contributed by atoms with E-state index in [4.69, 9.17) is 5.73 Å². The Kier molecular flexibility index (Phi) is 3.69. The van der Waals surface area contributed by atoms with Crippen LogP contribution in [0.5, 0.6) is 0 Å². The molecule has 0 amide bonds. The number of aliphatic hydroxyl groups is 1. The molecule has 2 heterocycles. The summed E-state index contributed by atoms with van der Waals surface area (Å²) >= 11 is 6.50. The predicted molar refractivity (Wildman–Crippen MR) is 89.3 cm³/mol. The first-order valence-corrected chi connectivity index (χ1v) is 8.53. The Hall–Kier alpha value is -1.14. The van der Waals surface area contributed by atoms with Gasteiger partial charge in [0.25, 0.3) is 0 Å². The van der Waals surface area contributed by atoms with Crippen LogP contribution in [0.2, 0.25) is 0 Å². The van der Waals surface area contributed by atoms with E-state index in [1.165, 1.54) is 22.7 Å². The summed E-state index contributed by atoms with van der Waals surface area (Å²) < 4.78 is 0.897. The first-order chi connectivity index (χ1) is 9.62. The van der Waals surface area contributed by atoms with Crippen molar-refractivity contribution in [2.24, 2.45) is 0 Å². The van der Waals surface area contributed by atoms with Gasteiger partial charge in [-0.05, 0) is 41.1 Å². The van der Waals surface area contributed by atoms with Gasteiger partial charge in [-0.15, -0.1) is 22.7 Å². The Labute approximate surface area is 133 Å². The van der Waals surface area contributed by atoms with Gasteiger partial charge in [0.05, 0.1) is 0 Å². The molecule has 1 aromatic carbocycles. The lowest BCUT2D eigenvalue weighted by Gasteiger charge is -2.28. The van der Waals surface area contributed by atoms with Crippen molar-refractivity contribution in [1.29, 1.82) is 0 Å². The lowest BCUT2D eigenvalue weighted by Crippen LogP contribution is -2.27. The third-order valence-corrected chi connectivity index (χ3v) is 5.61. The molecule has 102 valence electrons. The van der Waals surface area contributed by atoms with Crippen LogP contribution in [0.3, 0.4) is 0 Å². The van der Waals surface area contributed by atoms with Crippen LogP contribution in [0.1, 0.15) is 15.3 Å². The topological polar surface area (TPSA) is 46.2 Å². The molecule has 2 nitrogen and oxygen atoms in total. The number of anilines is 1. The Morgan fingerprint density at radius 1 is 1.00 bits per heavy atom. The fourth-order valence-corrected chi connectivity index (χ4v) is 4.33. The predicted octanol–water partition coefficient (Wildman–Crippen LogP) is 4.44. The summed E-state index contributed by atoms with van der Waals surface area (Å²) in [6.07, 6.45) is 0. The summed E-state index contributed by atoms with van der Waals surface area (Å²) in [7, 11) is 0. The van der Waals surface area contributed by atoms with Crippen molar-refractivity contribution < 1.29 is 5.11 Å². The maximum Gasteiger partial charge on any atom is 0.160 e. The summed E-state index contributed by atoms with van der Waals surface area (Å²) in [6, 6.07) is 13.3. The molecule has 3 rings (SSSR count). The van der Waals surface area contributed by atoms with Crippen LogP contribution in [0.25, 0.3) is 0 Å². The van der Waals surface area contributed by atoms with Gasteiger partial charge in [0.15, 0.2) is 5.60 Å². The van der Waals surface area contributed by atoms with E-state index in [0.717, 1.165) is 14.2 Å². The minimum absolute atomic E-state index is 0.581. The molecular weight excluding hydrogens is 354 g/mol. The number of nitrogen functional groups attached to an aromatic ring is 1. The molecular formula is C15H12BrNOS2. The fraction of sp³-hybridized carbons (Fsp3) is 0.0667. The van der Waals surface area contributed by atoms with E-state index in [0.29, 0.717) is 11.3 Å². The third-order valence-electron chi connectivity index (χ3n) is 3.16. The van der Waals surface area contributed by atoms with E-state index in [9.17, 15) is 5.11 Å². The molecule has 0 aliphatic carbocycles. The summed E-state index contributed by atoms with van der Waals surface area (Å²) in [5.74, 6) is 0. The van der Waals surface area contributed by atoms with Crippen LogP contribution in [0.15, 0.2) is 57.7 Å². The van der Waals surface area contributed by atoms with Crippen molar-refractivity contribution in [3.05, 3.63) is 73.0 Å². The molecule has 0 spiro atoms. The summed E-state index contributed by atoms with van der Waals surface area (Å²) in [5.41, 5.74) is 6.20. The number of nitrogens with two attached hydrogens (primary N) is 1. The number of hydrogen-bond acceptors (Lipinski definition) is 4. The zero-order valence-corrected chi connectivity index (χ0v) is 13.6. The normalized spacial score (nSPS) is 11.7. The number of hydrogen-bond donors (Lipinski definition) is 2. The first kappa shape index (κ1) is 13.8. The van der Waals surface area contributed by atoms with E-state index in [1.54, 1.807) is 0 Å². The van der Waals surface area contributed by atoms with E-state index in [1.807, 2.05) is 53.2 Å². The molecule has 3 aromatic rings. The number of benzene rings is 1. The second-order valence-electron chi connectivity index (χ2n) is 4.40. The van der Waals surface area contributed by atoms with Crippen LogP contribution >= 0.6 is 38.6 Å². The Morgan fingerprint density at radius 3 is 2.10 bits per heavy atom. The van der Waals surface area contributed by atoms with E-state index in [2.05, 4.69) is 15.9 Å². The van der Waals surface area contributed by atoms with Crippen molar-refractivity contribution in [3.63, 3.8) is 0 Å². The second-order valence-corrected chi connectivity index (χ2v) is 7.21. The standard InChI is InChI=1S/C15H12BrNOS2/c16-10-5-6-12(17)11(9-10)15(18,13-3-1-7-19-13)14-4-2-8-20-14/h1-9,18H,17H2.